The second-order valence-electron chi connectivity index (χ2n) is 6.99. The molecular formula is C22H22ClN5O2. The lowest BCUT2D eigenvalue weighted by molar-refractivity contribution is -0.118. The summed E-state index contributed by atoms with van der Waals surface area (Å²) in [6.07, 6.45) is 4.22. The Morgan fingerprint density at radius 1 is 1.03 bits per heavy atom. The number of aromatic nitrogens is 2. The Morgan fingerprint density at radius 2 is 1.73 bits per heavy atom. The van der Waals surface area contributed by atoms with Crippen molar-refractivity contribution in [1.82, 2.24) is 10.2 Å². The second kappa shape index (κ2) is 9.45. The summed E-state index contributed by atoms with van der Waals surface area (Å²) in [4.78, 5) is 14.4. The van der Waals surface area contributed by atoms with Crippen molar-refractivity contribution in [3.05, 3.63) is 65.8 Å². The molecule has 2 N–H and O–H groups in total. The van der Waals surface area contributed by atoms with Crippen molar-refractivity contribution >= 4 is 40.4 Å². The van der Waals surface area contributed by atoms with Gasteiger partial charge in [-0.3, -0.25) is 4.79 Å². The molecule has 1 saturated heterocycles. The highest BCUT2D eigenvalue weighted by Gasteiger charge is 2.13. The van der Waals surface area contributed by atoms with Crippen LogP contribution >= 0.6 is 11.6 Å². The van der Waals surface area contributed by atoms with E-state index in [1.165, 1.54) is 12.8 Å². The predicted octanol–water partition coefficient (Wildman–Crippen LogP) is 4.49. The number of ether oxygens (including phenoxy) is 1. The van der Waals surface area contributed by atoms with E-state index < -0.39 is 0 Å². The first-order valence-electron chi connectivity index (χ1n) is 9.79. The minimum atomic E-state index is -0.241. The summed E-state index contributed by atoms with van der Waals surface area (Å²) in [7, 11) is 0. The number of nitrogens with one attached hydrogen (secondary N) is 2. The summed E-state index contributed by atoms with van der Waals surface area (Å²) in [6.45, 7) is 2.03. The molecule has 0 spiro atoms. The van der Waals surface area contributed by atoms with Crippen molar-refractivity contribution in [2.24, 2.45) is 0 Å². The van der Waals surface area contributed by atoms with Gasteiger partial charge in [-0.25, -0.2) is 0 Å². The van der Waals surface area contributed by atoms with Gasteiger partial charge in [-0.05, 0) is 61.4 Å². The maximum Gasteiger partial charge on any atom is 0.262 e. The van der Waals surface area contributed by atoms with Gasteiger partial charge in [-0.2, -0.15) is 5.10 Å². The molecule has 3 aromatic rings. The quantitative estimate of drug-likeness (QED) is 0.582. The molecule has 0 unspecified atom stereocenters. The van der Waals surface area contributed by atoms with Gasteiger partial charge in [0.1, 0.15) is 5.75 Å². The van der Waals surface area contributed by atoms with E-state index in [-0.39, 0.29) is 12.5 Å². The molecule has 0 atom stereocenters. The fourth-order valence-corrected chi connectivity index (χ4v) is 3.35. The van der Waals surface area contributed by atoms with E-state index >= 15 is 0 Å². The Labute approximate surface area is 180 Å². The first-order chi connectivity index (χ1) is 14.7. The topological polar surface area (TPSA) is 79.4 Å². The third-order valence-electron chi connectivity index (χ3n) is 4.74. The van der Waals surface area contributed by atoms with Crippen LogP contribution in [0.5, 0.6) is 5.75 Å². The molecule has 154 valence electrons. The monoisotopic (exact) mass is 423 g/mol. The maximum absolute atomic E-state index is 12.1. The van der Waals surface area contributed by atoms with Gasteiger partial charge in [-0.15, -0.1) is 5.10 Å². The highest BCUT2D eigenvalue weighted by molar-refractivity contribution is 6.30. The van der Waals surface area contributed by atoms with Gasteiger partial charge >= 0.3 is 0 Å². The van der Waals surface area contributed by atoms with Crippen LogP contribution in [0, 0.1) is 0 Å². The first-order valence-corrected chi connectivity index (χ1v) is 10.2. The van der Waals surface area contributed by atoms with E-state index in [1.54, 1.807) is 30.5 Å². The van der Waals surface area contributed by atoms with Gasteiger partial charge in [0.15, 0.2) is 12.4 Å². The minimum Gasteiger partial charge on any atom is -0.484 e. The van der Waals surface area contributed by atoms with Crippen molar-refractivity contribution in [3.63, 3.8) is 0 Å². The average molecular weight is 424 g/mol. The van der Waals surface area contributed by atoms with E-state index in [0.717, 1.165) is 24.5 Å². The number of benzene rings is 2. The van der Waals surface area contributed by atoms with E-state index in [9.17, 15) is 4.79 Å². The maximum atomic E-state index is 12.1. The Balaban J connectivity index is 1.30. The highest BCUT2D eigenvalue weighted by Crippen LogP contribution is 2.23. The lowest BCUT2D eigenvalue weighted by Crippen LogP contribution is -2.20. The molecule has 1 aliphatic heterocycles. The van der Waals surface area contributed by atoms with Crippen LogP contribution in [0.25, 0.3) is 0 Å². The van der Waals surface area contributed by atoms with Crippen LogP contribution in [0.15, 0.2) is 60.8 Å². The molecule has 4 rings (SSSR count). The SMILES string of the molecule is O=C(COc1ccc(Cl)cc1)Nc1ccc(Nc2cc(N3CCCC3)cnn2)cc1. The highest BCUT2D eigenvalue weighted by atomic mass is 35.5. The fourth-order valence-electron chi connectivity index (χ4n) is 3.23. The molecule has 1 aliphatic rings. The molecule has 1 fully saturated rings. The second-order valence-corrected chi connectivity index (χ2v) is 7.42. The van der Waals surface area contributed by atoms with Crippen LogP contribution in [-0.4, -0.2) is 35.8 Å². The number of hydrogen-bond acceptors (Lipinski definition) is 6. The Hall–Kier alpha value is -3.32. The number of carbonyl (C=O) groups excluding carboxylic acids is 1. The minimum absolute atomic E-state index is 0.0828. The zero-order chi connectivity index (χ0) is 20.8. The average Bonchev–Trinajstić information content (AvgIpc) is 3.30. The van der Waals surface area contributed by atoms with Gasteiger partial charge in [0.2, 0.25) is 0 Å². The molecule has 0 saturated carbocycles. The van der Waals surface area contributed by atoms with E-state index in [2.05, 4.69) is 25.7 Å². The zero-order valence-corrected chi connectivity index (χ0v) is 17.1. The van der Waals surface area contributed by atoms with E-state index in [4.69, 9.17) is 16.3 Å². The summed E-state index contributed by atoms with van der Waals surface area (Å²) in [6, 6.07) is 16.3. The largest absolute Gasteiger partial charge is 0.484 e. The molecular weight excluding hydrogens is 402 g/mol. The molecule has 1 amide bonds. The van der Waals surface area contributed by atoms with Crippen molar-refractivity contribution in [2.75, 3.05) is 35.2 Å². The van der Waals surface area contributed by atoms with Crippen LogP contribution in [0.3, 0.4) is 0 Å². The van der Waals surface area contributed by atoms with Gasteiger partial charge in [0.05, 0.1) is 11.9 Å². The van der Waals surface area contributed by atoms with Crippen LogP contribution in [-0.2, 0) is 4.79 Å². The van der Waals surface area contributed by atoms with Crippen LogP contribution < -0.4 is 20.3 Å². The van der Waals surface area contributed by atoms with Gasteiger partial charge in [0.25, 0.3) is 5.91 Å². The molecule has 8 heteroatoms. The molecule has 7 nitrogen and oxygen atoms in total. The Kier molecular flexibility index (Phi) is 6.29. The Morgan fingerprint density at radius 3 is 2.47 bits per heavy atom. The van der Waals surface area contributed by atoms with Crippen LogP contribution in [0.2, 0.25) is 5.02 Å². The Bertz CT molecular complexity index is 989. The van der Waals surface area contributed by atoms with Gasteiger partial charge in [-0.1, -0.05) is 11.6 Å². The predicted molar refractivity (Wildman–Crippen MR) is 119 cm³/mol. The molecule has 0 radical (unpaired) electrons. The van der Waals surface area contributed by atoms with Crippen molar-refractivity contribution < 1.29 is 9.53 Å². The van der Waals surface area contributed by atoms with Crippen molar-refractivity contribution in [3.8, 4) is 5.75 Å². The number of nitrogens with zero attached hydrogens (tertiary/aromatic N) is 3. The first kappa shape index (κ1) is 20.0. The lowest BCUT2D eigenvalue weighted by atomic mass is 10.2. The van der Waals surface area contributed by atoms with Gasteiger partial charge in [0, 0.05) is 35.6 Å². The van der Waals surface area contributed by atoms with E-state index in [1.807, 2.05) is 30.3 Å². The molecule has 2 aromatic carbocycles. The molecule has 0 aliphatic carbocycles. The molecule has 30 heavy (non-hydrogen) atoms. The van der Waals surface area contributed by atoms with Gasteiger partial charge < -0.3 is 20.3 Å². The van der Waals surface area contributed by atoms with Crippen LogP contribution in [0.1, 0.15) is 12.8 Å². The number of rotatable bonds is 7. The summed E-state index contributed by atoms with van der Waals surface area (Å²) in [5.74, 6) is 1.04. The molecule has 2 heterocycles. The normalized spacial score (nSPS) is 13.2. The number of carbonyl (C=O) groups is 1. The summed E-state index contributed by atoms with van der Waals surface area (Å²) in [5.41, 5.74) is 2.62. The standard InChI is InChI=1S/C22H22ClN5O2/c23-16-3-9-20(10-4-16)30-15-22(29)26-18-7-5-17(6-8-18)25-21-13-19(14-24-27-21)28-11-1-2-12-28/h3-10,13-14H,1-2,11-12,15H2,(H,25,27)(H,26,29). The van der Waals surface area contributed by atoms with Crippen molar-refractivity contribution in [1.29, 1.82) is 0 Å². The zero-order valence-electron chi connectivity index (χ0n) is 16.3. The fraction of sp³-hybridized carbons (Fsp3) is 0.227. The number of halogens is 1. The summed E-state index contributed by atoms with van der Waals surface area (Å²) >= 11 is 5.83. The number of amides is 1. The smallest absolute Gasteiger partial charge is 0.262 e. The summed E-state index contributed by atoms with van der Waals surface area (Å²) in [5, 5.41) is 14.9. The number of hydrogen-bond donors (Lipinski definition) is 2. The third-order valence-corrected chi connectivity index (χ3v) is 4.99. The molecule has 0 bridgehead atoms. The van der Waals surface area contributed by atoms with E-state index in [0.29, 0.717) is 22.3 Å². The van der Waals surface area contributed by atoms with Crippen molar-refractivity contribution in [2.45, 2.75) is 12.8 Å². The van der Waals surface area contributed by atoms with Crippen LogP contribution in [0.4, 0.5) is 22.9 Å². The number of anilines is 4. The lowest BCUT2D eigenvalue weighted by Gasteiger charge is -2.17. The molecule has 1 aromatic heterocycles. The summed E-state index contributed by atoms with van der Waals surface area (Å²) < 4.78 is 5.45. The third kappa shape index (κ3) is 5.39.